The first-order valence-electron chi connectivity index (χ1n) is 12.3. The molecule has 4 rings (SSSR count). The third kappa shape index (κ3) is 6.26. The normalized spacial score (nSPS) is 10.8. The molecule has 0 fully saturated rings. The number of para-hydroxylation sites is 1. The number of methoxy groups -OCH3 is 1. The van der Waals surface area contributed by atoms with Crippen LogP contribution < -0.4 is 10.2 Å². The van der Waals surface area contributed by atoms with Crippen molar-refractivity contribution in [3.8, 4) is 5.75 Å². The summed E-state index contributed by atoms with van der Waals surface area (Å²) >= 11 is 0. The van der Waals surface area contributed by atoms with Crippen molar-refractivity contribution in [2.75, 3.05) is 20.2 Å². The van der Waals surface area contributed by atoms with E-state index in [0.717, 1.165) is 0 Å². The van der Waals surface area contributed by atoms with E-state index >= 15 is 0 Å². The second-order valence-electron chi connectivity index (χ2n) is 8.92. The molecule has 7 nitrogen and oxygen atoms in total. The molecule has 0 bridgehead atoms. The van der Waals surface area contributed by atoms with E-state index < -0.39 is 0 Å². The van der Waals surface area contributed by atoms with Gasteiger partial charge in [0.15, 0.2) is 5.43 Å². The molecule has 0 atom stereocenters. The summed E-state index contributed by atoms with van der Waals surface area (Å²) in [4.78, 5) is 43.1. The van der Waals surface area contributed by atoms with Gasteiger partial charge in [-0.25, -0.2) is 4.39 Å². The van der Waals surface area contributed by atoms with Crippen LogP contribution >= 0.6 is 0 Å². The quantitative estimate of drug-likeness (QED) is 0.296. The molecule has 0 aliphatic carbocycles. The fourth-order valence-corrected chi connectivity index (χ4v) is 4.20. The van der Waals surface area contributed by atoms with Gasteiger partial charge in [-0.3, -0.25) is 14.4 Å². The van der Waals surface area contributed by atoms with E-state index in [1.54, 1.807) is 60.7 Å². The zero-order chi connectivity index (χ0) is 27.1. The van der Waals surface area contributed by atoms with Gasteiger partial charge < -0.3 is 19.0 Å². The zero-order valence-corrected chi connectivity index (χ0v) is 21.4. The minimum atomic E-state index is -0.389. The molecule has 0 radical (unpaired) electrons. The van der Waals surface area contributed by atoms with E-state index in [1.165, 1.54) is 35.3 Å². The number of carbonyl (C=O) groups is 2. The van der Waals surface area contributed by atoms with E-state index in [2.05, 4.69) is 0 Å². The summed E-state index contributed by atoms with van der Waals surface area (Å²) in [6.45, 7) is 2.19. The minimum absolute atomic E-state index is 0.0311. The SMILES string of the molecule is CCCN(CC(=O)N(Cc1ccc(F)cc1)Cc1coc2ccccc2c1=O)C(=O)c1cccc(OC)c1. The van der Waals surface area contributed by atoms with Gasteiger partial charge in [0.25, 0.3) is 5.91 Å². The van der Waals surface area contributed by atoms with Gasteiger partial charge in [0.2, 0.25) is 5.91 Å². The Bertz CT molecular complexity index is 1480. The molecular weight excluding hydrogens is 487 g/mol. The molecule has 0 saturated carbocycles. The molecule has 1 aromatic heterocycles. The Balaban J connectivity index is 1.62. The van der Waals surface area contributed by atoms with E-state index in [-0.39, 0.29) is 42.7 Å². The summed E-state index contributed by atoms with van der Waals surface area (Å²) in [5, 5.41) is 0.417. The lowest BCUT2D eigenvalue weighted by Crippen LogP contribution is -2.43. The Morgan fingerprint density at radius 2 is 1.71 bits per heavy atom. The highest BCUT2D eigenvalue weighted by Crippen LogP contribution is 2.17. The number of rotatable bonds is 10. The molecule has 8 heteroatoms. The van der Waals surface area contributed by atoms with Crippen LogP contribution in [0.3, 0.4) is 0 Å². The lowest BCUT2D eigenvalue weighted by Gasteiger charge is -2.28. The van der Waals surface area contributed by atoms with Crippen LogP contribution in [0.2, 0.25) is 0 Å². The van der Waals surface area contributed by atoms with Crippen molar-refractivity contribution in [2.45, 2.75) is 26.4 Å². The van der Waals surface area contributed by atoms with E-state index in [1.807, 2.05) is 6.92 Å². The summed E-state index contributed by atoms with van der Waals surface area (Å²) < 4.78 is 24.4. The molecule has 0 unspecified atom stereocenters. The summed E-state index contributed by atoms with van der Waals surface area (Å²) in [5.41, 5.74) is 1.62. The highest BCUT2D eigenvalue weighted by Gasteiger charge is 2.24. The number of carbonyl (C=O) groups excluding carboxylic acids is 2. The van der Waals surface area contributed by atoms with Gasteiger partial charge in [-0.1, -0.05) is 37.3 Å². The number of hydrogen-bond acceptors (Lipinski definition) is 5. The van der Waals surface area contributed by atoms with Gasteiger partial charge in [-0.05, 0) is 54.4 Å². The van der Waals surface area contributed by atoms with E-state index in [4.69, 9.17) is 9.15 Å². The first-order valence-corrected chi connectivity index (χ1v) is 12.3. The Morgan fingerprint density at radius 3 is 2.45 bits per heavy atom. The van der Waals surface area contributed by atoms with Crippen LogP contribution in [0.5, 0.6) is 5.75 Å². The maximum absolute atomic E-state index is 13.6. The number of benzene rings is 3. The number of nitrogens with zero attached hydrogens (tertiary/aromatic N) is 2. The molecule has 0 saturated heterocycles. The van der Waals surface area contributed by atoms with Crippen molar-refractivity contribution < 1.29 is 23.1 Å². The Labute approximate surface area is 220 Å². The van der Waals surface area contributed by atoms with Gasteiger partial charge in [-0.2, -0.15) is 0 Å². The standard InChI is InChI=1S/C30H29FN2O5/c1-3-15-32(30(36)22-7-6-8-25(16-22)37-2)19-28(34)33(17-21-11-13-24(31)14-12-21)18-23-20-38-27-10-5-4-9-26(27)29(23)35/h4-14,16,20H,3,15,17-19H2,1-2H3. The Hall–Kier alpha value is -4.46. The third-order valence-corrected chi connectivity index (χ3v) is 6.18. The van der Waals surface area contributed by atoms with Crippen molar-refractivity contribution in [1.29, 1.82) is 0 Å². The third-order valence-electron chi connectivity index (χ3n) is 6.18. The summed E-state index contributed by atoms with van der Waals surface area (Å²) in [6, 6.07) is 19.5. The molecule has 4 aromatic rings. The average Bonchev–Trinajstić information content (AvgIpc) is 2.94. The number of hydrogen-bond donors (Lipinski definition) is 0. The number of halogens is 1. The molecule has 196 valence electrons. The predicted octanol–water partition coefficient (Wildman–Crippen LogP) is 5.02. The molecule has 1 heterocycles. The van der Waals surface area contributed by atoms with Gasteiger partial charge in [0.1, 0.15) is 23.7 Å². The lowest BCUT2D eigenvalue weighted by atomic mass is 10.1. The zero-order valence-electron chi connectivity index (χ0n) is 21.4. The summed E-state index contributed by atoms with van der Waals surface area (Å²) in [5.74, 6) is -0.503. The molecule has 38 heavy (non-hydrogen) atoms. The predicted molar refractivity (Wildman–Crippen MR) is 142 cm³/mol. The van der Waals surface area contributed by atoms with Gasteiger partial charge in [-0.15, -0.1) is 0 Å². The van der Waals surface area contributed by atoms with E-state index in [9.17, 15) is 18.8 Å². The molecule has 0 spiro atoms. The van der Waals surface area contributed by atoms with Crippen LogP contribution in [0.25, 0.3) is 11.0 Å². The van der Waals surface area contributed by atoms with Crippen LogP contribution in [0, 0.1) is 5.82 Å². The van der Waals surface area contributed by atoms with Crippen molar-refractivity contribution in [3.05, 3.63) is 112 Å². The number of ether oxygens (including phenoxy) is 1. The molecule has 0 N–H and O–H groups in total. The second-order valence-corrected chi connectivity index (χ2v) is 8.92. The van der Waals surface area contributed by atoms with Gasteiger partial charge in [0.05, 0.1) is 30.9 Å². The average molecular weight is 517 g/mol. The first-order chi connectivity index (χ1) is 18.4. The largest absolute Gasteiger partial charge is 0.497 e. The van der Waals surface area contributed by atoms with Crippen LogP contribution in [-0.4, -0.2) is 41.8 Å². The monoisotopic (exact) mass is 516 g/mol. The minimum Gasteiger partial charge on any atom is -0.497 e. The first kappa shape index (κ1) is 26.6. The van der Waals surface area contributed by atoms with Crippen LogP contribution in [0.4, 0.5) is 4.39 Å². The molecule has 2 amide bonds. The van der Waals surface area contributed by atoms with Crippen molar-refractivity contribution >= 4 is 22.8 Å². The fourth-order valence-electron chi connectivity index (χ4n) is 4.20. The summed E-state index contributed by atoms with van der Waals surface area (Å²) in [6.07, 6.45) is 2.01. The van der Waals surface area contributed by atoms with Gasteiger partial charge >= 0.3 is 0 Å². The highest BCUT2D eigenvalue weighted by atomic mass is 19.1. The highest BCUT2D eigenvalue weighted by molar-refractivity contribution is 5.96. The Morgan fingerprint density at radius 1 is 0.947 bits per heavy atom. The summed E-state index contributed by atoms with van der Waals surface area (Å²) in [7, 11) is 1.52. The molecule has 3 aromatic carbocycles. The van der Waals surface area contributed by atoms with Gasteiger partial charge in [0, 0.05) is 18.7 Å². The van der Waals surface area contributed by atoms with Crippen LogP contribution in [-0.2, 0) is 17.9 Å². The van der Waals surface area contributed by atoms with Crippen LogP contribution in [0.1, 0.15) is 34.8 Å². The molecular formula is C30H29FN2O5. The number of fused-ring (bicyclic) bond motifs is 1. The van der Waals surface area contributed by atoms with Crippen molar-refractivity contribution in [1.82, 2.24) is 9.80 Å². The lowest BCUT2D eigenvalue weighted by molar-refractivity contribution is -0.133. The molecule has 0 aliphatic heterocycles. The fraction of sp³-hybridized carbons (Fsp3) is 0.233. The maximum Gasteiger partial charge on any atom is 0.254 e. The smallest absolute Gasteiger partial charge is 0.254 e. The van der Waals surface area contributed by atoms with Crippen LogP contribution in [0.15, 0.2) is 88.3 Å². The van der Waals surface area contributed by atoms with Crippen molar-refractivity contribution in [2.24, 2.45) is 0 Å². The topological polar surface area (TPSA) is 80.1 Å². The number of amides is 2. The molecule has 0 aliphatic rings. The van der Waals surface area contributed by atoms with Crippen molar-refractivity contribution in [3.63, 3.8) is 0 Å². The Kier molecular flexibility index (Phi) is 8.53. The second kappa shape index (κ2) is 12.2. The maximum atomic E-state index is 13.6. The van der Waals surface area contributed by atoms with E-state index in [0.29, 0.717) is 46.4 Å².